The van der Waals surface area contributed by atoms with Crippen LogP contribution < -0.4 is 10.2 Å². The summed E-state index contributed by atoms with van der Waals surface area (Å²) < 4.78 is 53.3. The second-order valence-electron chi connectivity index (χ2n) is 8.60. The van der Waals surface area contributed by atoms with Crippen molar-refractivity contribution in [3.63, 3.8) is 0 Å². The van der Waals surface area contributed by atoms with Crippen LogP contribution in [0.4, 0.5) is 20.2 Å². The predicted octanol–water partition coefficient (Wildman–Crippen LogP) is 4.61. The van der Waals surface area contributed by atoms with E-state index in [0.717, 1.165) is 23.8 Å². The summed E-state index contributed by atoms with van der Waals surface area (Å²) in [4.78, 5) is 26.3. The molecule has 0 bridgehead atoms. The van der Waals surface area contributed by atoms with Crippen molar-refractivity contribution >= 4 is 33.0 Å². The van der Waals surface area contributed by atoms with Gasteiger partial charge in [0.2, 0.25) is 5.91 Å². The van der Waals surface area contributed by atoms with Gasteiger partial charge in [-0.1, -0.05) is 24.3 Å². The van der Waals surface area contributed by atoms with Crippen LogP contribution in [0.3, 0.4) is 0 Å². The fourth-order valence-electron chi connectivity index (χ4n) is 3.68. The number of carbonyl (C=O) groups excluding carboxylic acids is 2. The highest BCUT2D eigenvalue weighted by molar-refractivity contribution is 7.91. The number of anilines is 2. The number of carbonyl (C=O) groups is 2. The lowest BCUT2D eigenvalue weighted by atomic mass is 10.1. The smallest absolute Gasteiger partial charge is 0.261 e. The Hall–Kier alpha value is -3.59. The zero-order valence-electron chi connectivity index (χ0n) is 19.0. The molecule has 9 heteroatoms. The minimum atomic E-state index is -3.33. The topological polar surface area (TPSA) is 83.6 Å². The molecule has 0 saturated heterocycles. The van der Waals surface area contributed by atoms with Crippen molar-refractivity contribution < 1.29 is 26.8 Å². The van der Waals surface area contributed by atoms with Gasteiger partial charge in [-0.25, -0.2) is 17.2 Å². The Bertz CT molecular complexity index is 1370. The van der Waals surface area contributed by atoms with E-state index < -0.39 is 33.3 Å². The number of nitrogens with zero attached hydrogens (tertiary/aromatic N) is 1. The van der Waals surface area contributed by atoms with Crippen LogP contribution in [-0.4, -0.2) is 33.0 Å². The number of hydrogen-bond donors (Lipinski definition) is 1. The molecule has 182 valence electrons. The molecule has 4 rings (SSSR count). The van der Waals surface area contributed by atoms with E-state index in [1.54, 1.807) is 18.2 Å². The SMILES string of the molecule is CN(C(=O)c1ccc(NC(=O)Cc2ccc(S(=O)(=O)CC3CC3)cc2)cc1F)c1ccccc1F. The van der Waals surface area contributed by atoms with Gasteiger partial charge in [0.15, 0.2) is 9.84 Å². The van der Waals surface area contributed by atoms with Gasteiger partial charge >= 0.3 is 0 Å². The first-order valence-electron chi connectivity index (χ1n) is 11.1. The molecule has 0 spiro atoms. The summed E-state index contributed by atoms with van der Waals surface area (Å²) >= 11 is 0. The molecule has 1 saturated carbocycles. The summed E-state index contributed by atoms with van der Waals surface area (Å²) in [6.07, 6.45) is 1.84. The molecule has 1 aliphatic rings. The number of para-hydroxylation sites is 1. The Kier molecular flexibility index (Phi) is 6.98. The zero-order valence-corrected chi connectivity index (χ0v) is 19.8. The predicted molar refractivity (Wildman–Crippen MR) is 129 cm³/mol. The number of rotatable bonds is 8. The maximum atomic E-state index is 14.7. The first-order valence-corrected chi connectivity index (χ1v) is 12.7. The normalized spacial score (nSPS) is 13.3. The van der Waals surface area contributed by atoms with Gasteiger partial charge in [-0.2, -0.15) is 0 Å². The molecule has 0 heterocycles. The zero-order chi connectivity index (χ0) is 25.2. The third-order valence-electron chi connectivity index (χ3n) is 5.80. The molecular formula is C26H24F2N2O4S. The maximum absolute atomic E-state index is 14.7. The molecule has 35 heavy (non-hydrogen) atoms. The second-order valence-corrected chi connectivity index (χ2v) is 10.6. The Balaban J connectivity index is 1.39. The lowest BCUT2D eigenvalue weighted by Gasteiger charge is -2.18. The van der Waals surface area contributed by atoms with Crippen LogP contribution in [0.1, 0.15) is 28.8 Å². The van der Waals surface area contributed by atoms with Crippen LogP contribution >= 0.6 is 0 Å². The highest BCUT2D eigenvalue weighted by atomic mass is 32.2. The number of amides is 2. The van der Waals surface area contributed by atoms with Gasteiger partial charge in [0.1, 0.15) is 11.6 Å². The van der Waals surface area contributed by atoms with E-state index >= 15 is 0 Å². The summed E-state index contributed by atoms with van der Waals surface area (Å²) in [7, 11) is -1.98. The first-order chi connectivity index (χ1) is 16.6. The Morgan fingerprint density at radius 1 is 0.971 bits per heavy atom. The van der Waals surface area contributed by atoms with Crippen molar-refractivity contribution in [3.8, 4) is 0 Å². The molecule has 1 aliphatic carbocycles. The van der Waals surface area contributed by atoms with E-state index in [4.69, 9.17) is 0 Å². The van der Waals surface area contributed by atoms with E-state index in [2.05, 4.69) is 5.32 Å². The molecule has 3 aromatic carbocycles. The van der Waals surface area contributed by atoms with Gasteiger partial charge in [0.05, 0.1) is 28.3 Å². The fraction of sp³-hybridized carbons (Fsp3) is 0.231. The van der Waals surface area contributed by atoms with Crippen LogP contribution in [-0.2, 0) is 21.1 Å². The van der Waals surface area contributed by atoms with Gasteiger partial charge in [0.25, 0.3) is 5.91 Å². The number of hydrogen-bond acceptors (Lipinski definition) is 4. The van der Waals surface area contributed by atoms with Crippen LogP contribution in [0.5, 0.6) is 0 Å². The van der Waals surface area contributed by atoms with Crippen molar-refractivity contribution in [2.45, 2.75) is 24.2 Å². The number of halogens is 2. The lowest BCUT2D eigenvalue weighted by Crippen LogP contribution is -2.28. The van der Waals surface area contributed by atoms with E-state index in [0.29, 0.717) is 5.56 Å². The Morgan fingerprint density at radius 2 is 1.66 bits per heavy atom. The fourth-order valence-corrected chi connectivity index (χ4v) is 5.37. The van der Waals surface area contributed by atoms with E-state index in [9.17, 15) is 26.8 Å². The summed E-state index contributed by atoms with van der Waals surface area (Å²) in [6, 6.07) is 15.5. The average Bonchev–Trinajstić information content (AvgIpc) is 3.62. The third-order valence-corrected chi connectivity index (χ3v) is 7.70. The van der Waals surface area contributed by atoms with E-state index in [1.807, 2.05) is 0 Å². The van der Waals surface area contributed by atoms with E-state index in [1.165, 1.54) is 49.5 Å². The van der Waals surface area contributed by atoms with Gasteiger partial charge in [0, 0.05) is 12.7 Å². The molecule has 2 amide bonds. The van der Waals surface area contributed by atoms with Crippen LogP contribution in [0.15, 0.2) is 71.6 Å². The first kappa shape index (κ1) is 24.5. The highest BCUT2D eigenvalue weighted by Gasteiger charge is 2.29. The molecule has 0 aliphatic heterocycles. The molecule has 0 radical (unpaired) electrons. The molecule has 3 aromatic rings. The number of benzene rings is 3. The Labute approximate surface area is 202 Å². The van der Waals surface area contributed by atoms with Crippen LogP contribution in [0.2, 0.25) is 0 Å². The number of sulfone groups is 1. The molecule has 1 fully saturated rings. The minimum Gasteiger partial charge on any atom is -0.326 e. The summed E-state index contributed by atoms with van der Waals surface area (Å²) in [5, 5.41) is 2.56. The number of nitrogens with one attached hydrogen (secondary N) is 1. The van der Waals surface area contributed by atoms with Crippen molar-refractivity contribution in [2.75, 3.05) is 23.0 Å². The van der Waals surface area contributed by atoms with Gasteiger partial charge in [-0.15, -0.1) is 0 Å². The van der Waals surface area contributed by atoms with Gasteiger partial charge in [-0.3, -0.25) is 9.59 Å². The summed E-state index contributed by atoms with van der Waals surface area (Å²) in [5.74, 6) is -2.25. The molecule has 1 N–H and O–H groups in total. The van der Waals surface area contributed by atoms with Crippen LogP contribution in [0, 0.1) is 17.6 Å². The summed E-state index contributed by atoms with van der Waals surface area (Å²) in [6.45, 7) is 0. The molecule has 6 nitrogen and oxygen atoms in total. The largest absolute Gasteiger partial charge is 0.326 e. The Morgan fingerprint density at radius 3 is 2.29 bits per heavy atom. The van der Waals surface area contributed by atoms with E-state index in [-0.39, 0.29) is 39.9 Å². The van der Waals surface area contributed by atoms with Gasteiger partial charge in [-0.05, 0) is 66.8 Å². The monoisotopic (exact) mass is 498 g/mol. The van der Waals surface area contributed by atoms with Crippen molar-refractivity contribution in [2.24, 2.45) is 5.92 Å². The van der Waals surface area contributed by atoms with Crippen LogP contribution in [0.25, 0.3) is 0 Å². The van der Waals surface area contributed by atoms with Crippen molar-refractivity contribution in [1.29, 1.82) is 0 Å². The third kappa shape index (κ3) is 5.92. The quantitative estimate of drug-likeness (QED) is 0.492. The second kappa shape index (κ2) is 9.95. The molecule has 0 atom stereocenters. The molecule has 0 unspecified atom stereocenters. The molecular weight excluding hydrogens is 474 g/mol. The summed E-state index contributed by atoms with van der Waals surface area (Å²) in [5.41, 5.74) is 0.505. The lowest BCUT2D eigenvalue weighted by molar-refractivity contribution is -0.115. The van der Waals surface area contributed by atoms with Crippen molar-refractivity contribution in [3.05, 3.63) is 89.5 Å². The minimum absolute atomic E-state index is 0.0145. The molecule has 0 aromatic heterocycles. The highest BCUT2D eigenvalue weighted by Crippen LogP contribution is 2.32. The van der Waals surface area contributed by atoms with Gasteiger partial charge < -0.3 is 10.2 Å². The maximum Gasteiger partial charge on any atom is 0.261 e. The van der Waals surface area contributed by atoms with Crippen molar-refractivity contribution in [1.82, 2.24) is 0 Å². The standard InChI is InChI=1S/C26H24F2N2O4S/c1-30(24-5-3-2-4-22(24)27)26(32)21-13-10-19(15-23(21)28)29-25(31)14-17-8-11-20(12-9-17)35(33,34)16-18-6-7-18/h2-5,8-13,15,18H,6-7,14,16H2,1H3,(H,29,31). The average molecular weight is 499 g/mol.